The van der Waals surface area contributed by atoms with E-state index in [4.69, 9.17) is 4.74 Å². The number of guanidine groups is 1. The average Bonchev–Trinajstić information content (AvgIpc) is 3.43. The molecular formula is C21H32IN5O. The highest BCUT2D eigenvalue weighted by molar-refractivity contribution is 14.0. The molecule has 1 fully saturated rings. The number of benzene rings is 1. The number of aryl methyl sites for hydroxylation is 3. The Kier molecular flexibility index (Phi) is 8.15. The van der Waals surface area contributed by atoms with Crippen LogP contribution in [0, 0.1) is 26.7 Å². The lowest BCUT2D eigenvalue weighted by Gasteiger charge is -2.15. The number of halogens is 1. The lowest BCUT2D eigenvalue weighted by atomic mass is 10.1. The summed E-state index contributed by atoms with van der Waals surface area (Å²) in [5.41, 5.74) is 5.80. The Morgan fingerprint density at radius 3 is 2.54 bits per heavy atom. The number of aromatic nitrogens is 2. The van der Waals surface area contributed by atoms with Crippen LogP contribution in [-0.2, 0) is 20.1 Å². The first kappa shape index (κ1) is 22.5. The van der Waals surface area contributed by atoms with Gasteiger partial charge in [-0.2, -0.15) is 5.10 Å². The molecule has 1 aliphatic rings. The second-order valence-corrected chi connectivity index (χ2v) is 7.42. The van der Waals surface area contributed by atoms with Crippen LogP contribution in [0.5, 0.6) is 5.75 Å². The first-order valence-corrected chi connectivity index (χ1v) is 9.64. The summed E-state index contributed by atoms with van der Waals surface area (Å²) < 4.78 is 7.98. The molecule has 1 heterocycles. The average molecular weight is 497 g/mol. The summed E-state index contributed by atoms with van der Waals surface area (Å²) in [7, 11) is 3.76. The maximum Gasteiger partial charge on any atom is 0.191 e. The maximum absolute atomic E-state index is 6.06. The van der Waals surface area contributed by atoms with Crippen LogP contribution in [-0.4, -0.2) is 29.4 Å². The number of rotatable bonds is 7. The van der Waals surface area contributed by atoms with Crippen LogP contribution in [0.15, 0.2) is 23.2 Å². The van der Waals surface area contributed by atoms with Crippen molar-refractivity contribution in [2.45, 2.75) is 46.7 Å². The minimum Gasteiger partial charge on any atom is -0.493 e. The van der Waals surface area contributed by atoms with E-state index in [9.17, 15) is 0 Å². The van der Waals surface area contributed by atoms with Gasteiger partial charge in [-0.25, -0.2) is 0 Å². The molecule has 28 heavy (non-hydrogen) atoms. The molecule has 6 nitrogen and oxygen atoms in total. The second kappa shape index (κ2) is 10.1. The molecule has 1 aromatic carbocycles. The van der Waals surface area contributed by atoms with Gasteiger partial charge in [-0.1, -0.05) is 12.1 Å². The van der Waals surface area contributed by atoms with Gasteiger partial charge in [0, 0.05) is 44.0 Å². The van der Waals surface area contributed by atoms with E-state index in [-0.39, 0.29) is 24.0 Å². The molecular weight excluding hydrogens is 465 g/mol. The van der Waals surface area contributed by atoms with Crippen LogP contribution in [0.1, 0.15) is 40.9 Å². The van der Waals surface area contributed by atoms with Crippen molar-refractivity contribution >= 4 is 29.9 Å². The monoisotopic (exact) mass is 497 g/mol. The molecule has 1 aliphatic carbocycles. The van der Waals surface area contributed by atoms with Gasteiger partial charge in [-0.15, -0.1) is 24.0 Å². The summed E-state index contributed by atoms with van der Waals surface area (Å²) in [6.45, 7) is 8.41. The standard InChI is InChI=1S/C21H31N5O.HI/c1-14-6-9-18(20(10-14)27-13-17-7-8-17)11-23-21(22-4)24-12-19-15(2)25-26(5)16(19)3;/h6,9-10,17H,7-8,11-13H2,1-5H3,(H2,22,23,24);1H. The van der Waals surface area contributed by atoms with Gasteiger partial charge in [-0.3, -0.25) is 9.67 Å². The fraction of sp³-hybridized carbons (Fsp3) is 0.524. The van der Waals surface area contributed by atoms with E-state index in [2.05, 4.69) is 52.8 Å². The Balaban J connectivity index is 0.00000280. The van der Waals surface area contributed by atoms with Crippen LogP contribution in [0.4, 0.5) is 0 Å². The molecule has 0 unspecified atom stereocenters. The van der Waals surface area contributed by atoms with Gasteiger partial charge in [0.2, 0.25) is 0 Å². The largest absolute Gasteiger partial charge is 0.493 e. The minimum absolute atomic E-state index is 0. The van der Waals surface area contributed by atoms with Crippen LogP contribution < -0.4 is 15.4 Å². The molecule has 2 N–H and O–H groups in total. The van der Waals surface area contributed by atoms with Crippen molar-refractivity contribution in [3.8, 4) is 5.75 Å². The molecule has 2 aromatic rings. The highest BCUT2D eigenvalue weighted by atomic mass is 127. The predicted octanol–water partition coefficient (Wildman–Crippen LogP) is 3.62. The van der Waals surface area contributed by atoms with Crippen LogP contribution in [0.3, 0.4) is 0 Å². The van der Waals surface area contributed by atoms with Crippen LogP contribution in [0.25, 0.3) is 0 Å². The van der Waals surface area contributed by atoms with Crippen molar-refractivity contribution in [3.05, 3.63) is 46.3 Å². The van der Waals surface area contributed by atoms with E-state index in [0.717, 1.165) is 35.5 Å². The van der Waals surface area contributed by atoms with Crippen molar-refractivity contribution in [2.75, 3.05) is 13.7 Å². The van der Waals surface area contributed by atoms with Gasteiger partial charge >= 0.3 is 0 Å². The third-order valence-electron chi connectivity index (χ3n) is 5.16. The van der Waals surface area contributed by atoms with Gasteiger partial charge in [0.15, 0.2) is 5.96 Å². The van der Waals surface area contributed by atoms with E-state index in [1.807, 2.05) is 18.7 Å². The summed E-state index contributed by atoms with van der Waals surface area (Å²) in [6.07, 6.45) is 2.59. The molecule has 0 spiro atoms. The fourth-order valence-electron chi connectivity index (χ4n) is 3.08. The summed E-state index contributed by atoms with van der Waals surface area (Å²) in [6, 6.07) is 6.38. The highest BCUT2D eigenvalue weighted by Gasteiger charge is 2.22. The van der Waals surface area contributed by atoms with E-state index in [0.29, 0.717) is 13.1 Å². The summed E-state index contributed by atoms with van der Waals surface area (Å²) in [5, 5.41) is 11.3. The molecule has 1 aromatic heterocycles. The number of nitrogens with zero attached hydrogens (tertiary/aromatic N) is 3. The van der Waals surface area contributed by atoms with Crippen molar-refractivity contribution < 1.29 is 4.74 Å². The Bertz CT molecular complexity index is 826. The molecule has 7 heteroatoms. The lowest BCUT2D eigenvalue weighted by molar-refractivity contribution is 0.296. The zero-order chi connectivity index (χ0) is 19.4. The lowest BCUT2D eigenvalue weighted by Crippen LogP contribution is -2.36. The zero-order valence-electron chi connectivity index (χ0n) is 17.5. The van der Waals surface area contributed by atoms with E-state index in [1.165, 1.54) is 29.7 Å². The van der Waals surface area contributed by atoms with Gasteiger partial charge in [0.25, 0.3) is 0 Å². The van der Waals surface area contributed by atoms with Gasteiger partial charge in [0.05, 0.1) is 12.3 Å². The van der Waals surface area contributed by atoms with Crippen molar-refractivity contribution in [1.29, 1.82) is 0 Å². The Morgan fingerprint density at radius 1 is 1.21 bits per heavy atom. The van der Waals surface area contributed by atoms with Crippen LogP contribution >= 0.6 is 24.0 Å². The first-order chi connectivity index (χ1) is 13.0. The van der Waals surface area contributed by atoms with Gasteiger partial charge in [0.1, 0.15) is 5.75 Å². The summed E-state index contributed by atoms with van der Waals surface area (Å²) in [5.74, 6) is 2.49. The fourth-order valence-corrected chi connectivity index (χ4v) is 3.08. The summed E-state index contributed by atoms with van der Waals surface area (Å²) in [4.78, 5) is 4.34. The Morgan fingerprint density at radius 2 is 1.93 bits per heavy atom. The van der Waals surface area contributed by atoms with Crippen molar-refractivity contribution in [3.63, 3.8) is 0 Å². The molecule has 154 valence electrons. The van der Waals surface area contributed by atoms with E-state index < -0.39 is 0 Å². The van der Waals surface area contributed by atoms with E-state index >= 15 is 0 Å². The SMILES string of the molecule is CN=C(NCc1ccc(C)cc1OCC1CC1)NCc1c(C)nn(C)c1C.I. The predicted molar refractivity (Wildman–Crippen MR) is 125 cm³/mol. The van der Waals surface area contributed by atoms with E-state index in [1.54, 1.807) is 7.05 Å². The maximum atomic E-state index is 6.06. The van der Waals surface area contributed by atoms with Gasteiger partial charge < -0.3 is 15.4 Å². The molecule has 0 amide bonds. The minimum atomic E-state index is 0. The van der Waals surface area contributed by atoms with Gasteiger partial charge in [-0.05, 0) is 51.2 Å². The second-order valence-electron chi connectivity index (χ2n) is 7.42. The Labute approximate surface area is 185 Å². The molecule has 0 radical (unpaired) electrons. The molecule has 0 bridgehead atoms. The number of nitrogens with one attached hydrogen (secondary N) is 2. The Hall–Kier alpha value is -1.77. The number of aliphatic imine (C=N–C) groups is 1. The molecule has 0 aliphatic heterocycles. The normalized spacial score (nSPS) is 13.8. The van der Waals surface area contributed by atoms with Crippen molar-refractivity contribution in [2.24, 2.45) is 18.0 Å². The highest BCUT2D eigenvalue weighted by Crippen LogP contribution is 2.30. The smallest absolute Gasteiger partial charge is 0.191 e. The first-order valence-electron chi connectivity index (χ1n) is 9.64. The number of hydrogen-bond donors (Lipinski definition) is 2. The zero-order valence-corrected chi connectivity index (χ0v) is 19.8. The summed E-state index contributed by atoms with van der Waals surface area (Å²) >= 11 is 0. The van der Waals surface area contributed by atoms with Crippen molar-refractivity contribution in [1.82, 2.24) is 20.4 Å². The topological polar surface area (TPSA) is 63.5 Å². The molecule has 1 saturated carbocycles. The molecule has 0 saturated heterocycles. The van der Waals surface area contributed by atoms with Crippen LogP contribution in [0.2, 0.25) is 0 Å². The third kappa shape index (κ3) is 5.86. The quantitative estimate of drug-likeness (QED) is 0.349. The number of ether oxygens (including phenoxy) is 1. The third-order valence-corrected chi connectivity index (χ3v) is 5.16. The molecule has 3 rings (SSSR count). The number of hydrogen-bond acceptors (Lipinski definition) is 3. The molecule has 0 atom stereocenters.